The molecule has 0 aromatic carbocycles. The van der Waals surface area contributed by atoms with Crippen LogP contribution in [-0.2, 0) is 9.47 Å². The molecule has 1 rings (SSSR count). The van der Waals surface area contributed by atoms with Crippen LogP contribution in [0.25, 0.3) is 0 Å². The first-order valence-electron chi connectivity index (χ1n) is 4.71. The number of aromatic nitrogens is 2. The number of nitrogen functional groups attached to an aromatic ring is 1. The molecule has 7 heteroatoms. The van der Waals surface area contributed by atoms with E-state index in [0.717, 1.165) is 0 Å². The average molecular weight is 248 g/mol. The zero-order chi connectivity index (χ0) is 11.8. The van der Waals surface area contributed by atoms with Crippen molar-refractivity contribution in [3.8, 4) is 5.88 Å². The molecule has 1 heterocycles. The number of halogens is 1. The second-order valence-electron chi connectivity index (χ2n) is 2.85. The van der Waals surface area contributed by atoms with E-state index in [0.29, 0.717) is 32.1 Å². The van der Waals surface area contributed by atoms with Crippen molar-refractivity contribution in [3.05, 3.63) is 11.5 Å². The number of ether oxygens (including phenoxy) is 3. The number of nitrogens with two attached hydrogens (primary N) is 1. The summed E-state index contributed by atoms with van der Waals surface area (Å²) in [6.45, 7) is 1.87. The minimum absolute atomic E-state index is 0.101. The zero-order valence-corrected chi connectivity index (χ0v) is 9.74. The molecule has 0 saturated carbocycles. The second-order valence-corrected chi connectivity index (χ2v) is 3.19. The summed E-state index contributed by atoms with van der Waals surface area (Å²) >= 11 is 5.59. The van der Waals surface area contributed by atoms with E-state index in [-0.39, 0.29) is 11.2 Å². The molecule has 1 aromatic rings. The first-order valence-corrected chi connectivity index (χ1v) is 5.09. The van der Waals surface area contributed by atoms with Gasteiger partial charge in [0, 0.05) is 7.11 Å². The first-order chi connectivity index (χ1) is 7.74. The number of hydrogen-bond acceptors (Lipinski definition) is 6. The van der Waals surface area contributed by atoms with Crippen LogP contribution in [0.15, 0.2) is 6.20 Å². The summed E-state index contributed by atoms with van der Waals surface area (Å²) in [5.74, 6) is 0.273. The highest BCUT2D eigenvalue weighted by Gasteiger charge is 2.03. The third-order valence-electron chi connectivity index (χ3n) is 1.65. The highest BCUT2D eigenvalue weighted by molar-refractivity contribution is 6.28. The van der Waals surface area contributed by atoms with Crippen molar-refractivity contribution >= 4 is 17.3 Å². The molecule has 0 aliphatic rings. The molecular formula is C9H14ClN3O3. The van der Waals surface area contributed by atoms with Crippen molar-refractivity contribution < 1.29 is 14.2 Å². The van der Waals surface area contributed by atoms with Crippen LogP contribution in [0, 0.1) is 0 Å². The monoisotopic (exact) mass is 247 g/mol. The van der Waals surface area contributed by atoms with Gasteiger partial charge in [0.15, 0.2) is 0 Å². The Morgan fingerprint density at radius 3 is 2.81 bits per heavy atom. The van der Waals surface area contributed by atoms with E-state index in [1.54, 1.807) is 7.11 Å². The topological polar surface area (TPSA) is 79.5 Å². The number of methoxy groups -OCH3 is 1. The van der Waals surface area contributed by atoms with Gasteiger partial charge in [-0.05, 0) is 11.6 Å². The Hall–Kier alpha value is -1.11. The minimum atomic E-state index is 0.101. The van der Waals surface area contributed by atoms with Crippen LogP contribution in [0.3, 0.4) is 0 Å². The standard InChI is InChI=1S/C9H14ClN3O3/c1-14-2-3-15-4-5-16-8-7(11)6-12-9(10)13-8/h6H,2-5,11H2,1H3. The number of nitrogens with zero attached hydrogens (tertiary/aromatic N) is 2. The van der Waals surface area contributed by atoms with Crippen molar-refractivity contribution in [1.82, 2.24) is 9.97 Å². The third-order valence-corrected chi connectivity index (χ3v) is 1.83. The molecule has 0 fully saturated rings. The summed E-state index contributed by atoms with van der Waals surface area (Å²) in [6, 6.07) is 0. The molecule has 0 radical (unpaired) electrons. The third kappa shape index (κ3) is 4.61. The van der Waals surface area contributed by atoms with Gasteiger partial charge in [-0.25, -0.2) is 4.98 Å². The summed E-state index contributed by atoms with van der Waals surface area (Å²) in [7, 11) is 1.61. The molecule has 0 unspecified atom stereocenters. The molecule has 16 heavy (non-hydrogen) atoms. The predicted molar refractivity (Wildman–Crippen MR) is 59.6 cm³/mol. The lowest BCUT2D eigenvalue weighted by Crippen LogP contribution is -2.11. The Labute approximate surface area is 98.7 Å². The molecule has 0 atom stereocenters. The fraction of sp³-hybridized carbons (Fsp3) is 0.556. The summed E-state index contributed by atoms with van der Waals surface area (Å²) in [4.78, 5) is 7.54. The van der Waals surface area contributed by atoms with Gasteiger partial charge in [0.05, 0.1) is 26.0 Å². The first kappa shape index (κ1) is 13.0. The Balaban J connectivity index is 2.23. The van der Waals surface area contributed by atoms with Gasteiger partial charge in [0.1, 0.15) is 12.3 Å². The van der Waals surface area contributed by atoms with E-state index >= 15 is 0 Å². The Kier molecular flexibility index (Phi) is 5.84. The van der Waals surface area contributed by atoms with Crippen LogP contribution in [0.4, 0.5) is 5.69 Å². The van der Waals surface area contributed by atoms with Gasteiger partial charge in [-0.3, -0.25) is 0 Å². The van der Waals surface area contributed by atoms with Crippen molar-refractivity contribution in [2.75, 3.05) is 39.3 Å². The zero-order valence-electron chi connectivity index (χ0n) is 8.98. The lowest BCUT2D eigenvalue weighted by Gasteiger charge is -2.07. The molecule has 2 N–H and O–H groups in total. The minimum Gasteiger partial charge on any atom is -0.474 e. The average Bonchev–Trinajstić information content (AvgIpc) is 2.28. The Morgan fingerprint density at radius 2 is 2.06 bits per heavy atom. The van der Waals surface area contributed by atoms with Gasteiger partial charge in [0.25, 0.3) is 0 Å². The van der Waals surface area contributed by atoms with E-state index in [1.807, 2.05) is 0 Å². The smallest absolute Gasteiger partial charge is 0.241 e. The van der Waals surface area contributed by atoms with Crippen LogP contribution in [-0.4, -0.2) is 43.5 Å². The maximum atomic E-state index is 5.59. The molecular weight excluding hydrogens is 234 g/mol. The lowest BCUT2D eigenvalue weighted by atomic mass is 10.5. The molecule has 90 valence electrons. The van der Waals surface area contributed by atoms with Crippen molar-refractivity contribution in [2.24, 2.45) is 0 Å². The Morgan fingerprint density at radius 1 is 1.31 bits per heavy atom. The van der Waals surface area contributed by atoms with E-state index in [2.05, 4.69) is 9.97 Å². The number of rotatable bonds is 7. The van der Waals surface area contributed by atoms with Crippen molar-refractivity contribution in [3.63, 3.8) is 0 Å². The van der Waals surface area contributed by atoms with Crippen molar-refractivity contribution in [2.45, 2.75) is 0 Å². The molecule has 1 aromatic heterocycles. The van der Waals surface area contributed by atoms with Gasteiger partial charge >= 0.3 is 0 Å². The summed E-state index contributed by atoms with van der Waals surface area (Å²) < 4.78 is 15.3. The van der Waals surface area contributed by atoms with Crippen LogP contribution >= 0.6 is 11.6 Å². The van der Waals surface area contributed by atoms with Gasteiger partial charge in [-0.15, -0.1) is 0 Å². The maximum absolute atomic E-state index is 5.59. The van der Waals surface area contributed by atoms with Crippen LogP contribution < -0.4 is 10.5 Å². The molecule has 0 aliphatic carbocycles. The normalized spacial score (nSPS) is 10.4. The second kappa shape index (κ2) is 7.21. The molecule has 0 bridgehead atoms. The Bertz CT molecular complexity index is 325. The maximum Gasteiger partial charge on any atom is 0.241 e. The highest BCUT2D eigenvalue weighted by atomic mass is 35.5. The molecule has 0 spiro atoms. The van der Waals surface area contributed by atoms with Gasteiger partial charge in [-0.1, -0.05) is 0 Å². The largest absolute Gasteiger partial charge is 0.474 e. The fourth-order valence-corrected chi connectivity index (χ4v) is 1.04. The highest BCUT2D eigenvalue weighted by Crippen LogP contribution is 2.17. The van der Waals surface area contributed by atoms with E-state index < -0.39 is 0 Å². The molecule has 6 nitrogen and oxygen atoms in total. The van der Waals surface area contributed by atoms with Crippen LogP contribution in [0.5, 0.6) is 5.88 Å². The number of anilines is 1. The van der Waals surface area contributed by atoms with E-state index in [4.69, 9.17) is 31.5 Å². The fourth-order valence-electron chi connectivity index (χ4n) is 0.912. The lowest BCUT2D eigenvalue weighted by molar-refractivity contribution is 0.0538. The SMILES string of the molecule is COCCOCCOc1nc(Cl)ncc1N. The quantitative estimate of drug-likeness (QED) is 0.566. The van der Waals surface area contributed by atoms with E-state index in [9.17, 15) is 0 Å². The van der Waals surface area contributed by atoms with Gasteiger partial charge < -0.3 is 19.9 Å². The van der Waals surface area contributed by atoms with Gasteiger partial charge in [-0.2, -0.15) is 4.98 Å². The van der Waals surface area contributed by atoms with Crippen LogP contribution in [0.2, 0.25) is 5.28 Å². The molecule has 0 amide bonds. The van der Waals surface area contributed by atoms with Crippen molar-refractivity contribution in [1.29, 1.82) is 0 Å². The summed E-state index contributed by atoms with van der Waals surface area (Å²) in [5.41, 5.74) is 5.93. The van der Waals surface area contributed by atoms with Crippen LogP contribution in [0.1, 0.15) is 0 Å². The molecule has 0 aliphatic heterocycles. The molecule has 0 saturated heterocycles. The van der Waals surface area contributed by atoms with E-state index in [1.165, 1.54) is 6.20 Å². The van der Waals surface area contributed by atoms with Gasteiger partial charge in [0.2, 0.25) is 11.2 Å². The predicted octanol–water partition coefficient (Wildman–Crippen LogP) is 0.754. The summed E-state index contributed by atoms with van der Waals surface area (Å²) in [6.07, 6.45) is 1.40. The summed E-state index contributed by atoms with van der Waals surface area (Å²) in [5, 5.41) is 0.101. The number of hydrogen-bond donors (Lipinski definition) is 1.